The number of halogens is 2. The van der Waals surface area contributed by atoms with Gasteiger partial charge in [-0.15, -0.1) is 0 Å². The first-order valence-electron chi connectivity index (χ1n) is 8.14. The number of anilines is 1. The van der Waals surface area contributed by atoms with E-state index >= 15 is 0 Å². The molecule has 24 heavy (non-hydrogen) atoms. The molecule has 0 aliphatic carbocycles. The second-order valence-electron chi connectivity index (χ2n) is 6.17. The van der Waals surface area contributed by atoms with Gasteiger partial charge in [0.05, 0.1) is 5.92 Å². The topological polar surface area (TPSA) is 32.3 Å². The summed E-state index contributed by atoms with van der Waals surface area (Å²) >= 11 is 9.68. The second kappa shape index (κ2) is 8.15. The van der Waals surface area contributed by atoms with Crippen molar-refractivity contribution in [2.45, 2.75) is 19.4 Å². The van der Waals surface area contributed by atoms with Gasteiger partial charge in [0.25, 0.3) is 0 Å². The summed E-state index contributed by atoms with van der Waals surface area (Å²) in [4.78, 5) is 14.9. The Kier molecular flexibility index (Phi) is 5.93. The molecule has 1 aliphatic heterocycles. The van der Waals surface area contributed by atoms with Gasteiger partial charge >= 0.3 is 0 Å². The molecule has 0 bridgehead atoms. The van der Waals surface area contributed by atoms with Crippen LogP contribution in [0.5, 0.6) is 0 Å². The van der Waals surface area contributed by atoms with Crippen molar-refractivity contribution in [3.8, 4) is 0 Å². The summed E-state index contributed by atoms with van der Waals surface area (Å²) in [6.07, 6.45) is 1.96. The highest BCUT2D eigenvalue weighted by molar-refractivity contribution is 9.10. The monoisotopic (exact) mass is 406 g/mol. The third kappa shape index (κ3) is 4.59. The van der Waals surface area contributed by atoms with E-state index in [9.17, 15) is 4.79 Å². The van der Waals surface area contributed by atoms with Gasteiger partial charge in [-0.25, -0.2) is 0 Å². The van der Waals surface area contributed by atoms with Crippen molar-refractivity contribution in [3.63, 3.8) is 0 Å². The van der Waals surface area contributed by atoms with Crippen molar-refractivity contribution in [1.29, 1.82) is 0 Å². The second-order valence-corrected chi connectivity index (χ2v) is 7.49. The first-order chi connectivity index (χ1) is 11.6. The molecule has 1 saturated heterocycles. The molecule has 1 N–H and O–H groups in total. The summed E-state index contributed by atoms with van der Waals surface area (Å²) in [7, 11) is 0. The number of carbonyl (C=O) groups is 1. The average molecular weight is 408 g/mol. The minimum absolute atomic E-state index is 0.0141. The van der Waals surface area contributed by atoms with Crippen molar-refractivity contribution in [1.82, 2.24) is 4.90 Å². The maximum Gasteiger partial charge on any atom is 0.228 e. The molecule has 2 aromatic rings. The highest BCUT2D eigenvalue weighted by Crippen LogP contribution is 2.23. The average Bonchev–Trinajstić information content (AvgIpc) is 2.57. The van der Waals surface area contributed by atoms with Crippen LogP contribution >= 0.6 is 27.5 Å². The Bertz CT molecular complexity index is 722. The van der Waals surface area contributed by atoms with Gasteiger partial charge < -0.3 is 5.32 Å². The van der Waals surface area contributed by atoms with Crippen molar-refractivity contribution in [2.24, 2.45) is 5.92 Å². The van der Waals surface area contributed by atoms with Gasteiger partial charge in [-0.1, -0.05) is 51.8 Å². The number of carbonyl (C=O) groups excluding carboxylic acids is 1. The summed E-state index contributed by atoms with van der Waals surface area (Å²) < 4.78 is 0.962. The summed E-state index contributed by atoms with van der Waals surface area (Å²) in [5.41, 5.74) is 1.95. The Hall–Kier alpha value is -1.36. The standard InChI is InChI=1S/C19H20BrClN2O/c20-16-7-3-8-17(11-16)22-19(24)15-6-4-10-23(13-15)12-14-5-1-2-9-18(14)21/h1-3,5,7-9,11,15H,4,6,10,12-13H2,(H,22,24). The quantitative estimate of drug-likeness (QED) is 0.777. The lowest BCUT2D eigenvalue weighted by Crippen LogP contribution is -2.40. The lowest BCUT2D eigenvalue weighted by Gasteiger charge is -2.32. The maximum atomic E-state index is 12.6. The van der Waals surface area contributed by atoms with Crippen LogP contribution in [0.15, 0.2) is 53.0 Å². The maximum absolute atomic E-state index is 12.6. The molecule has 1 atom stereocenters. The zero-order chi connectivity index (χ0) is 16.9. The van der Waals surface area contributed by atoms with E-state index in [4.69, 9.17) is 11.6 Å². The number of benzene rings is 2. The molecule has 3 rings (SSSR count). The highest BCUT2D eigenvalue weighted by Gasteiger charge is 2.26. The predicted octanol–water partition coefficient (Wildman–Crippen LogP) is 4.95. The van der Waals surface area contributed by atoms with Crippen LogP contribution in [-0.2, 0) is 11.3 Å². The summed E-state index contributed by atoms with van der Waals surface area (Å²) in [5, 5.41) is 3.82. The molecule has 1 unspecified atom stereocenters. The Labute approximate surface area is 156 Å². The zero-order valence-corrected chi connectivity index (χ0v) is 15.7. The van der Waals surface area contributed by atoms with E-state index in [-0.39, 0.29) is 11.8 Å². The Morgan fingerprint density at radius 3 is 2.88 bits per heavy atom. The molecule has 0 spiro atoms. The van der Waals surface area contributed by atoms with E-state index in [1.54, 1.807) is 0 Å². The van der Waals surface area contributed by atoms with Crippen molar-refractivity contribution in [3.05, 3.63) is 63.6 Å². The van der Waals surface area contributed by atoms with Gasteiger partial charge in [-0.05, 0) is 49.2 Å². The molecule has 0 saturated carbocycles. The van der Waals surface area contributed by atoms with Gasteiger partial charge in [0.2, 0.25) is 5.91 Å². The molecule has 2 aromatic carbocycles. The normalized spacial score (nSPS) is 18.3. The lowest BCUT2D eigenvalue weighted by atomic mass is 9.96. The molecule has 126 valence electrons. The number of piperidine rings is 1. The number of hydrogen-bond acceptors (Lipinski definition) is 2. The highest BCUT2D eigenvalue weighted by atomic mass is 79.9. The fourth-order valence-electron chi connectivity index (χ4n) is 3.09. The molecule has 0 radical (unpaired) electrons. The molecule has 5 heteroatoms. The number of nitrogens with one attached hydrogen (secondary N) is 1. The Morgan fingerprint density at radius 1 is 1.25 bits per heavy atom. The van der Waals surface area contributed by atoms with Gasteiger partial charge in [0.15, 0.2) is 0 Å². The van der Waals surface area contributed by atoms with E-state index in [0.29, 0.717) is 0 Å². The van der Waals surface area contributed by atoms with Crippen LogP contribution in [0, 0.1) is 5.92 Å². The van der Waals surface area contributed by atoms with E-state index in [2.05, 4.69) is 26.1 Å². The van der Waals surface area contributed by atoms with Gasteiger partial charge in [0.1, 0.15) is 0 Å². The summed E-state index contributed by atoms with van der Waals surface area (Å²) in [6.45, 7) is 2.57. The molecular formula is C19H20BrClN2O. The van der Waals surface area contributed by atoms with Crippen LogP contribution in [-0.4, -0.2) is 23.9 Å². The summed E-state index contributed by atoms with van der Waals surface area (Å²) in [6, 6.07) is 15.6. The van der Waals surface area contributed by atoms with Crippen molar-refractivity contribution in [2.75, 3.05) is 18.4 Å². The fraction of sp³-hybridized carbons (Fsp3) is 0.316. The minimum Gasteiger partial charge on any atom is -0.326 e. The minimum atomic E-state index is 0.0141. The smallest absolute Gasteiger partial charge is 0.228 e. The number of likely N-dealkylation sites (tertiary alicyclic amines) is 1. The predicted molar refractivity (Wildman–Crippen MR) is 102 cm³/mol. The van der Waals surface area contributed by atoms with Crippen LogP contribution in [0.1, 0.15) is 18.4 Å². The lowest BCUT2D eigenvalue weighted by molar-refractivity contribution is -0.121. The molecule has 0 aromatic heterocycles. The molecule has 1 amide bonds. The van der Waals surface area contributed by atoms with Crippen LogP contribution in [0.2, 0.25) is 5.02 Å². The van der Waals surface area contributed by atoms with Crippen LogP contribution in [0.3, 0.4) is 0 Å². The number of nitrogens with zero attached hydrogens (tertiary/aromatic N) is 1. The van der Waals surface area contributed by atoms with Crippen LogP contribution in [0.4, 0.5) is 5.69 Å². The SMILES string of the molecule is O=C(Nc1cccc(Br)c1)C1CCCN(Cc2ccccc2Cl)C1. The fourth-order valence-corrected chi connectivity index (χ4v) is 3.69. The number of hydrogen-bond donors (Lipinski definition) is 1. The summed E-state index contributed by atoms with van der Waals surface area (Å²) in [5.74, 6) is 0.108. The first kappa shape index (κ1) is 17.5. The zero-order valence-electron chi connectivity index (χ0n) is 13.3. The van der Waals surface area contributed by atoms with Crippen LogP contribution in [0.25, 0.3) is 0 Å². The van der Waals surface area contributed by atoms with Gasteiger partial charge in [-0.2, -0.15) is 0 Å². The first-order valence-corrected chi connectivity index (χ1v) is 9.31. The number of rotatable bonds is 4. The Balaban J connectivity index is 1.60. The Morgan fingerprint density at radius 2 is 2.08 bits per heavy atom. The third-order valence-corrected chi connectivity index (χ3v) is 5.18. The van der Waals surface area contributed by atoms with E-state index in [1.807, 2.05) is 48.5 Å². The van der Waals surface area contributed by atoms with Gasteiger partial charge in [-0.3, -0.25) is 9.69 Å². The van der Waals surface area contributed by atoms with Crippen molar-refractivity contribution >= 4 is 39.1 Å². The van der Waals surface area contributed by atoms with E-state index < -0.39 is 0 Å². The van der Waals surface area contributed by atoms with E-state index in [1.165, 1.54) is 0 Å². The molecule has 3 nitrogen and oxygen atoms in total. The molecule has 1 fully saturated rings. The van der Waals surface area contributed by atoms with Gasteiger partial charge in [0, 0.05) is 28.3 Å². The molecular weight excluding hydrogens is 388 g/mol. The number of amides is 1. The van der Waals surface area contributed by atoms with E-state index in [0.717, 1.165) is 53.2 Å². The molecule has 1 heterocycles. The molecule has 1 aliphatic rings. The van der Waals surface area contributed by atoms with Crippen molar-refractivity contribution < 1.29 is 4.79 Å². The van der Waals surface area contributed by atoms with Crippen LogP contribution < -0.4 is 5.32 Å². The third-order valence-electron chi connectivity index (χ3n) is 4.32. The largest absolute Gasteiger partial charge is 0.326 e.